The maximum Gasteiger partial charge on any atom is 0.161 e. The molecule has 4 heteroatoms. The van der Waals surface area contributed by atoms with E-state index in [9.17, 15) is 0 Å². The van der Waals surface area contributed by atoms with Gasteiger partial charge in [-0.05, 0) is 37.1 Å². The van der Waals surface area contributed by atoms with Crippen LogP contribution in [0.2, 0.25) is 0 Å². The predicted octanol–water partition coefficient (Wildman–Crippen LogP) is 4.28. The third-order valence-electron chi connectivity index (χ3n) is 5.82. The lowest BCUT2D eigenvalue weighted by atomic mass is 10.1. The fourth-order valence-electron chi connectivity index (χ4n) is 4.69. The fourth-order valence-corrected chi connectivity index (χ4v) is 4.69. The van der Waals surface area contributed by atoms with Gasteiger partial charge in [0.25, 0.3) is 0 Å². The molecule has 0 radical (unpaired) electrons. The van der Waals surface area contributed by atoms with E-state index in [1.807, 2.05) is 0 Å². The van der Waals surface area contributed by atoms with E-state index < -0.39 is 0 Å². The van der Waals surface area contributed by atoms with Gasteiger partial charge in [0, 0.05) is 30.6 Å². The van der Waals surface area contributed by atoms with Crippen LogP contribution < -0.4 is 4.90 Å². The van der Waals surface area contributed by atoms with Crippen molar-refractivity contribution >= 4 is 38.8 Å². The first-order chi connectivity index (χ1) is 12.4. The lowest BCUT2D eigenvalue weighted by Gasteiger charge is -2.30. The number of aromatic nitrogens is 3. The van der Waals surface area contributed by atoms with Crippen molar-refractivity contribution < 1.29 is 0 Å². The van der Waals surface area contributed by atoms with Gasteiger partial charge in [-0.25, -0.2) is 9.97 Å². The van der Waals surface area contributed by atoms with Gasteiger partial charge < -0.3 is 9.47 Å². The second-order valence-electron chi connectivity index (χ2n) is 7.30. The summed E-state index contributed by atoms with van der Waals surface area (Å²) in [5.74, 6) is 1.40. The monoisotopic (exact) mass is 328 g/mol. The van der Waals surface area contributed by atoms with E-state index in [2.05, 4.69) is 45.9 Å². The van der Waals surface area contributed by atoms with Gasteiger partial charge in [-0.1, -0.05) is 30.3 Å². The number of nitrogens with zero attached hydrogens (tertiary/aromatic N) is 4. The minimum absolute atomic E-state index is 1.01. The van der Waals surface area contributed by atoms with Crippen LogP contribution in [-0.2, 0) is 13.0 Å². The predicted molar refractivity (Wildman–Crippen MR) is 102 cm³/mol. The smallest absolute Gasteiger partial charge is 0.161 e. The molecule has 2 aromatic heterocycles. The maximum absolute atomic E-state index is 5.18. The minimum atomic E-state index is 1.01. The molecule has 2 aliphatic rings. The summed E-state index contributed by atoms with van der Waals surface area (Å²) in [6, 6.07) is 12.8. The zero-order chi connectivity index (χ0) is 16.4. The van der Waals surface area contributed by atoms with E-state index in [-0.39, 0.29) is 0 Å². The topological polar surface area (TPSA) is 34.0 Å². The Morgan fingerprint density at radius 3 is 2.72 bits per heavy atom. The van der Waals surface area contributed by atoms with Gasteiger partial charge in [-0.2, -0.15) is 0 Å². The van der Waals surface area contributed by atoms with Crippen molar-refractivity contribution in [3.05, 3.63) is 42.0 Å². The minimum Gasteiger partial charge on any atom is -0.358 e. The van der Waals surface area contributed by atoms with Gasteiger partial charge in [0.15, 0.2) is 5.65 Å². The zero-order valence-corrected chi connectivity index (χ0v) is 14.2. The molecule has 4 heterocycles. The van der Waals surface area contributed by atoms with Crippen molar-refractivity contribution in [3.63, 3.8) is 0 Å². The van der Waals surface area contributed by atoms with Crippen LogP contribution in [0.3, 0.4) is 0 Å². The first kappa shape index (κ1) is 13.6. The molecule has 0 amide bonds. The van der Waals surface area contributed by atoms with Crippen LogP contribution >= 0.6 is 0 Å². The molecule has 0 saturated carbocycles. The number of aryl methyl sites for hydroxylation is 2. The van der Waals surface area contributed by atoms with Crippen LogP contribution in [0.25, 0.3) is 33.0 Å². The normalized spacial score (nSPS) is 17.2. The standard InChI is InChI=1S/C21H20N4/c1-2-7-15-14(6-1)9-10-17-18(15)23-19-16-8-3-4-11-24-12-5-13-25(21(16)24)20(19)22-17/h1-2,6-7,9-10H,3-5,8,11-13H2. The average molecular weight is 328 g/mol. The molecule has 0 saturated heterocycles. The summed E-state index contributed by atoms with van der Waals surface area (Å²) in [6.07, 6.45) is 4.85. The third kappa shape index (κ3) is 1.82. The van der Waals surface area contributed by atoms with Crippen LogP contribution in [0, 0.1) is 0 Å². The summed E-state index contributed by atoms with van der Waals surface area (Å²) in [4.78, 5) is 12.8. The van der Waals surface area contributed by atoms with E-state index in [0.717, 1.165) is 35.2 Å². The van der Waals surface area contributed by atoms with E-state index in [1.165, 1.54) is 54.5 Å². The number of hydrogen-bond donors (Lipinski definition) is 0. The molecule has 0 bridgehead atoms. The molecule has 2 aliphatic heterocycles. The average Bonchev–Trinajstić information content (AvgIpc) is 2.82. The summed E-state index contributed by atoms with van der Waals surface area (Å²) >= 11 is 0. The molecule has 25 heavy (non-hydrogen) atoms. The Bertz CT molecular complexity index is 1140. The zero-order valence-electron chi connectivity index (χ0n) is 14.2. The van der Waals surface area contributed by atoms with Crippen molar-refractivity contribution in [1.29, 1.82) is 0 Å². The Morgan fingerprint density at radius 2 is 1.72 bits per heavy atom. The Kier molecular flexibility index (Phi) is 2.70. The van der Waals surface area contributed by atoms with Gasteiger partial charge >= 0.3 is 0 Å². The van der Waals surface area contributed by atoms with Gasteiger partial charge in [0.1, 0.15) is 11.3 Å². The van der Waals surface area contributed by atoms with Crippen molar-refractivity contribution in [2.75, 3.05) is 18.0 Å². The Morgan fingerprint density at radius 1 is 0.800 bits per heavy atom. The van der Waals surface area contributed by atoms with E-state index >= 15 is 0 Å². The number of fused-ring (bicyclic) bond motifs is 6. The lowest BCUT2D eigenvalue weighted by molar-refractivity contribution is 0.568. The molecule has 0 aliphatic carbocycles. The first-order valence-corrected chi connectivity index (χ1v) is 9.36. The van der Waals surface area contributed by atoms with Crippen LogP contribution in [0.1, 0.15) is 24.8 Å². The molecule has 4 nitrogen and oxygen atoms in total. The van der Waals surface area contributed by atoms with Gasteiger partial charge in [-0.15, -0.1) is 0 Å². The second kappa shape index (κ2) is 4.94. The summed E-state index contributed by atoms with van der Waals surface area (Å²) in [6.45, 7) is 3.41. The molecule has 0 atom stereocenters. The molecule has 4 aromatic rings. The van der Waals surface area contributed by atoms with E-state index in [0.29, 0.717) is 0 Å². The quantitative estimate of drug-likeness (QED) is 0.452. The molecule has 2 aromatic carbocycles. The molecule has 0 unspecified atom stereocenters. The number of rotatable bonds is 0. The number of anilines is 1. The van der Waals surface area contributed by atoms with Gasteiger partial charge in [-0.3, -0.25) is 0 Å². The first-order valence-electron chi connectivity index (χ1n) is 9.36. The highest BCUT2D eigenvalue weighted by Crippen LogP contribution is 2.38. The summed E-state index contributed by atoms with van der Waals surface area (Å²) in [7, 11) is 0. The molecule has 124 valence electrons. The summed E-state index contributed by atoms with van der Waals surface area (Å²) in [5, 5.41) is 2.44. The highest BCUT2D eigenvalue weighted by molar-refractivity contribution is 6.06. The number of hydrogen-bond acceptors (Lipinski definition) is 3. The Labute approximate surface area is 146 Å². The Hall–Kier alpha value is -2.62. The maximum atomic E-state index is 5.18. The van der Waals surface area contributed by atoms with E-state index in [1.54, 1.807) is 0 Å². The number of benzene rings is 2. The van der Waals surface area contributed by atoms with Crippen LogP contribution in [-0.4, -0.2) is 27.6 Å². The van der Waals surface area contributed by atoms with Crippen LogP contribution in [0.15, 0.2) is 36.4 Å². The molecular weight excluding hydrogens is 308 g/mol. The highest BCUT2D eigenvalue weighted by atomic mass is 15.3. The summed E-state index contributed by atoms with van der Waals surface area (Å²) < 4.78 is 2.43. The Balaban J connectivity index is 1.77. The largest absolute Gasteiger partial charge is 0.358 e. The van der Waals surface area contributed by atoms with Crippen molar-refractivity contribution in [1.82, 2.24) is 14.5 Å². The lowest BCUT2D eigenvalue weighted by Crippen LogP contribution is -2.32. The highest BCUT2D eigenvalue weighted by Gasteiger charge is 2.28. The SMILES string of the molecule is c1ccc2c(c1)ccc1nc3c(nc12)c1c2n3CCCN2CCCC1. The van der Waals surface area contributed by atoms with Crippen LogP contribution in [0.4, 0.5) is 5.82 Å². The van der Waals surface area contributed by atoms with Crippen molar-refractivity contribution in [2.45, 2.75) is 32.2 Å². The fraction of sp³-hybridized carbons (Fsp3) is 0.333. The second-order valence-corrected chi connectivity index (χ2v) is 7.30. The van der Waals surface area contributed by atoms with Crippen molar-refractivity contribution in [3.8, 4) is 0 Å². The molecule has 0 fully saturated rings. The molecular formula is C21H20N4. The van der Waals surface area contributed by atoms with Crippen molar-refractivity contribution in [2.24, 2.45) is 0 Å². The third-order valence-corrected chi connectivity index (χ3v) is 5.82. The van der Waals surface area contributed by atoms with Gasteiger partial charge in [0.05, 0.1) is 11.0 Å². The van der Waals surface area contributed by atoms with Gasteiger partial charge in [0.2, 0.25) is 0 Å². The summed E-state index contributed by atoms with van der Waals surface area (Å²) in [5.41, 5.74) is 5.69. The molecule has 0 spiro atoms. The van der Waals surface area contributed by atoms with E-state index in [4.69, 9.17) is 9.97 Å². The molecule has 0 N–H and O–H groups in total. The van der Waals surface area contributed by atoms with Crippen LogP contribution in [0.5, 0.6) is 0 Å². The molecule has 6 rings (SSSR count).